The predicted molar refractivity (Wildman–Crippen MR) is 97.4 cm³/mol. The molecule has 1 aromatic carbocycles. The van der Waals surface area contributed by atoms with Crippen molar-refractivity contribution in [3.8, 4) is 17.2 Å². The zero-order valence-electron chi connectivity index (χ0n) is 14.6. The highest BCUT2D eigenvalue weighted by Gasteiger charge is 2.26. The van der Waals surface area contributed by atoms with Gasteiger partial charge in [-0.3, -0.25) is 4.79 Å². The van der Waals surface area contributed by atoms with Crippen LogP contribution < -0.4 is 15.2 Å². The van der Waals surface area contributed by atoms with E-state index < -0.39 is 0 Å². The van der Waals surface area contributed by atoms with E-state index in [4.69, 9.17) is 15.2 Å². The fourth-order valence-electron chi connectivity index (χ4n) is 3.19. The third-order valence-corrected chi connectivity index (χ3v) is 4.69. The van der Waals surface area contributed by atoms with Gasteiger partial charge in [-0.2, -0.15) is 0 Å². The number of piperidine rings is 1. The predicted octanol–water partition coefficient (Wildman–Crippen LogP) is 1.33. The van der Waals surface area contributed by atoms with E-state index in [2.05, 4.69) is 10.3 Å². The number of fused-ring (bicyclic) bond motifs is 1. The van der Waals surface area contributed by atoms with Gasteiger partial charge in [0.2, 0.25) is 0 Å². The summed E-state index contributed by atoms with van der Waals surface area (Å²) in [5.74, 6) is 1.30. The first-order valence-electron chi connectivity index (χ1n) is 8.50. The maximum Gasteiger partial charge on any atom is 0.276 e. The Morgan fingerprint density at radius 2 is 1.88 bits per heavy atom. The second-order valence-corrected chi connectivity index (χ2v) is 6.39. The lowest BCUT2D eigenvalue weighted by atomic mass is 10.1. The lowest BCUT2D eigenvalue weighted by Crippen LogP contribution is -2.43. The smallest absolute Gasteiger partial charge is 0.276 e. The molecule has 2 N–H and O–H groups in total. The maximum atomic E-state index is 12.7. The summed E-state index contributed by atoms with van der Waals surface area (Å²) in [6, 6.07) is 5.75. The largest absolute Gasteiger partial charge is 0.486 e. The van der Waals surface area contributed by atoms with Crippen molar-refractivity contribution < 1.29 is 14.3 Å². The maximum absolute atomic E-state index is 12.7. The van der Waals surface area contributed by atoms with Crippen molar-refractivity contribution in [2.24, 2.45) is 5.73 Å². The molecule has 0 unspecified atom stereocenters. The van der Waals surface area contributed by atoms with E-state index in [0.29, 0.717) is 49.2 Å². The van der Waals surface area contributed by atoms with Crippen molar-refractivity contribution >= 4 is 18.3 Å². The summed E-state index contributed by atoms with van der Waals surface area (Å²) in [5.41, 5.74) is 7.78. The molecule has 140 valence electrons. The first-order chi connectivity index (χ1) is 12.1. The second kappa shape index (κ2) is 7.51. The highest BCUT2D eigenvalue weighted by molar-refractivity contribution is 5.93. The van der Waals surface area contributed by atoms with E-state index in [0.717, 1.165) is 18.5 Å². The van der Waals surface area contributed by atoms with Gasteiger partial charge in [0.05, 0.1) is 11.4 Å². The van der Waals surface area contributed by atoms with Gasteiger partial charge in [-0.05, 0) is 31.9 Å². The van der Waals surface area contributed by atoms with Crippen molar-refractivity contribution in [3.63, 3.8) is 0 Å². The quantitative estimate of drug-likeness (QED) is 0.845. The number of likely N-dealkylation sites (tertiary alicyclic amines) is 1. The Morgan fingerprint density at radius 1 is 1.19 bits per heavy atom. The molecule has 1 amide bonds. The van der Waals surface area contributed by atoms with Crippen LogP contribution in [-0.4, -0.2) is 58.1 Å². The minimum absolute atomic E-state index is 0. The summed E-state index contributed by atoms with van der Waals surface area (Å²) in [4.78, 5) is 14.5. The number of nitrogens with two attached hydrogens (primary N) is 1. The summed E-state index contributed by atoms with van der Waals surface area (Å²) in [6.45, 7) is 4.24. The number of rotatable bonds is 2. The number of carbonyl (C=O) groups is 1. The van der Waals surface area contributed by atoms with E-state index in [-0.39, 0.29) is 24.4 Å². The van der Waals surface area contributed by atoms with Crippen LogP contribution in [0, 0.1) is 6.92 Å². The van der Waals surface area contributed by atoms with Crippen molar-refractivity contribution in [2.75, 3.05) is 26.3 Å². The summed E-state index contributed by atoms with van der Waals surface area (Å²) in [5, 5.41) is 8.28. The van der Waals surface area contributed by atoms with Gasteiger partial charge < -0.3 is 20.1 Å². The second-order valence-electron chi connectivity index (χ2n) is 6.39. The molecule has 2 aliphatic heterocycles. The van der Waals surface area contributed by atoms with Crippen LogP contribution >= 0.6 is 12.4 Å². The molecule has 0 spiro atoms. The number of ether oxygens (including phenoxy) is 2. The molecule has 2 aliphatic rings. The lowest BCUT2D eigenvalue weighted by Gasteiger charge is -2.29. The van der Waals surface area contributed by atoms with Crippen molar-refractivity contribution in [1.29, 1.82) is 0 Å². The molecule has 4 rings (SSSR count). The molecule has 1 fully saturated rings. The normalized spacial score (nSPS) is 16.9. The average Bonchev–Trinajstić information content (AvgIpc) is 3.03. The van der Waals surface area contributed by atoms with Crippen LogP contribution in [0.4, 0.5) is 0 Å². The Morgan fingerprint density at radius 3 is 2.62 bits per heavy atom. The number of carbonyl (C=O) groups excluding carboxylic acids is 1. The number of aromatic nitrogens is 3. The zero-order chi connectivity index (χ0) is 17.4. The van der Waals surface area contributed by atoms with Gasteiger partial charge in [0.1, 0.15) is 13.2 Å². The molecule has 9 heteroatoms. The standard InChI is InChI=1S/C17H21N5O3.ClH/c1-11-16(17(23)21-6-4-12(18)5-7-21)19-20-22(11)13-2-3-14-15(10-13)25-9-8-24-14;/h2-3,10,12H,4-9,18H2,1H3;1H. The van der Waals surface area contributed by atoms with Crippen molar-refractivity contribution in [1.82, 2.24) is 19.9 Å². The van der Waals surface area contributed by atoms with Gasteiger partial charge in [0, 0.05) is 25.2 Å². The Labute approximate surface area is 157 Å². The van der Waals surface area contributed by atoms with E-state index >= 15 is 0 Å². The molecular weight excluding hydrogens is 358 g/mol. The highest BCUT2D eigenvalue weighted by Crippen LogP contribution is 2.32. The minimum atomic E-state index is -0.0896. The lowest BCUT2D eigenvalue weighted by molar-refractivity contribution is 0.0708. The Balaban J connectivity index is 0.00000196. The molecule has 26 heavy (non-hydrogen) atoms. The molecule has 1 saturated heterocycles. The monoisotopic (exact) mass is 379 g/mol. The van der Waals surface area contributed by atoms with E-state index in [9.17, 15) is 4.79 Å². The fraction of sp³-hybridized carbons (Fsp3) is 0.471. The molecule has 3 heterocycles. The van der Waals surface area contributed by atoms with E-state index in [1.165, 1.54) is 0 Å². The molecule has 0 bridgehead atoms. The number of benzene rings is 1. The van der Waals surface area contributed by atoms with Gasteiger partial charge in [-0.15, -0.1) is 17.5 Å². The summed E-state index contributed by atoms with van der Waals surface area (Å²) >= 11 is 0. The topological polar surface area (TPSA) is 95.5 Å². The molecule has 0 radical (unpaired) electrons. The van der Waals surface area contributed by atoms with Gasteiger partial charge >= 0.3 is 0 Å². The van der Waals surface area contributed by atoms with Crippen LogP contribution in [0.1, 0.15) is 29.0 Å². The van der Waals surface area contributed by atoms with Gasteiger partial charge in [0.25, 0.3) is 5.91 Å². The molecule has 0 aliphatic carbocycles. The Hall–Kier alpha value is -2.32. The number of amides is 1. The fourth-order valence-corrected chi connectivity index (χ4v) is 3.19. The highest BCUT2D eigenvalue weighted by atomic mass is 35.5. The molecule has 0 atom stereocenters. The number of halogens is 1. The molecular formula is C17H22ClN5O3. The molecule has 2 aromatic rings. The molecule has 0 saturated carbocycles. The van der Waals surface area contributed by atoms with Crippen LogP contribution in [0.5, 0.6) is 11.5 Å². The van der Waals surface area contributed by atoms with Crippen molar-refractivity contribution in [3.05, 3.63) is 29.6 Å². The van der Waals surface area contributed by atoms with Crippen LogP contribution in [0.25, 0.3) is 5.69 Å². The first kappa shape index (κ1) is 18.5. The SMILES string of the molecule is Cc1c(C(=O)N2CCC(N)CC2)nnn1-c1ccc2c(c1)OCCO2.Cl. The Bertz CT molecular complexity index is 802. The Kier molecular flexibility index (Phi) is 5.33. The van der Waals surface area contributed by atoms with Crippen molar-refractivity contribution in [2.45, 2.75) is 25.8 Å². The van der Waals surface area contributed by atoms with Gasteiger partial charge in [-0.25, -0.2) is 4.68 Å². The van der Waals surface area contributed by atoms with E-state index in [1.807, 2.05) is 25.1 Å². The summed E-state index contributed by atoms with van der Waals surface area (Å²) in [7, 11) is 0. The summed E-state index contributed by atoms with van der Waals surface area (Å²) < 4.78 is 12.8. The van der Waals surface area contributed by atoms with E-state index in [1.54, 1.807) is 9.58 Å². The van der Waals surface area contributed by atoms with Crippen LogP contribution in [-0.2, 0) is 0 Å². The first-order valence-corrected chi connectivity index (χ1v) is 8.50. The van der Waals surface area contributed by atoms with Gasteiger partial charge in [0.15, 0.2) is 17.2 Å². The average molecular weight is 380 g/mol. The van der Waals surface area contributed by atoms with Crippen LogP contribution in [0.3, 0.4) is 0 Å². The zero-order valence-corrected chi connectivity index (χ0v) is 15.4. The third-order valence-electron chi connectivity index (χ3n) is 4.69. The number of hydrogen-bond acceptors (Lipinski definition) is 6. The molecule has 1 aromatic heterocycles. The van der Waals surface area contributed by atoms with Crippen LogP contribution in [0.15, 0.2) is 18.2 Å². The third kappa shape index (κ3) is 3.34. The van der Waals surface area contributed by atoms with Gasteiger partial charge in [-0.1, -0.05) is 5.21 Å². The van der Waals surface area contributed by atoms with Crippen LogP contribution in [0.2, 0.25) is 0 Å². The summed E-state index contributed by atoms with van der Waals surface area (Å²) in [6.07, 6.45) is 1.64. The number of hydrogen-bond donors (Lipinski definition) is 1. The number of nitrogens with zero attached hydrogens (tertiary/aromatic N) is 4. The minimum Gasteiger partial charge on any atom is -0.486 e. The molecule has 8 nitrogen and oxygen atoms in total.